The number of ether oxygens (including phenoxy) is 1. The van der Waals surface area contributed by atoms with Crippen LogP contribution < -0.4 is 5.32 Å². The van der Waals surface area contributed by atoms with Gasteiger partial charge in [-0.2, -0.15) is 0 Å². The van der Waals surface area contributed by atoms with E-state index in [1.54, 1.807) is 13.4 Å². The summed E-state index contributed by atoms with van der Waals surface area (Å²) in [5.41, 5.74) is 2.30. The van der Waals surface area contributed by atoms with Crippen LogP contribution in [-0.2, 0) is 4.74 Å². The van der Waals surface area contributed by atoms with Gasteiger partial charge in [0.1, 0.15) is 6.33 Å². The van der Waals surface area contributed by atoms with E-state index >= 15 is 0 Å². The third kappa shape index (κ3) is 5.00. The number of hydrogen-bond acceptors (Lipinski definition) is 4. The summed E-state index contributed by atoms with van der Waals surface area (Å²) in [5.74, 6) is 0. The Labute approximate surface area is 96.8 Å². The molecule has 0 spiro atoms. The van der Waals surface area contributed by atoms with E-state index in [1.165, 1.54) is 5.57 Å². The number of aromatic nitrogens is 2. The van der Waals surface area contributed by atoms with Crippen molar-refractivity contribution in [3.05, 3.63) is 30.4 Å². The maximum Gasteiger partial charge on any atom is 0.115 e. The first-order valence-electron chi connectivity index (χ1n) is 5.46. The van der Waals surface area contributed by atoms with Gasteiger partial charge in [-0.15, -0.1) is 0 Å². The molecule has 0 aliphatic rings. The van der Waals surface area contributed by atoms with Crippen molar-refractivity contribution in [3.63, 3.8) is 0 Å². The van der Waals surface area contributed by atoms with Gasteiger partial charge in [0, 0.05) is 31.6 Å². The third-order valence-corrected chi connectivity index (χ3v) is 2.27. The average molecular weight is 221 g/mol. The first kappa shape index (κ1) is 12.8. The average Bonchev–Trinajstić information content (AvgIpc) is 2.34. The molecule has 4 nitrogen and oxygen atoms in total. The van der Waals surface area contributed by atoms with Gasteiger partial charge in [0.05, 0.1) is 6.61 Å². The first-order chi connectivity index (χ1) is 7.84. The molecule has 0 aliphatic carbocycles. The Balaban J connectivity index is 2.24. The van der Waals surface area contributed by atoms with Gasteiger partial charge in [-0.05, 0) is 25.5 Å². The first-order valence-corrected chi connectivity index (χ1v) is 5.46. The van der Waals surface area contributed by atoms with E-state index in [4.69, 9.17) is 4.74 Å². The van der Waals surface area contributed by atoms with E-state index < -0.39 is 0 Å². The lowest BCUT2D eigenvalue weighted by atomic mass is 10.1. The summed E-state index contributed by atoms with van der Waals surface area (Å²) in [6.45, 7) is 4.70. The van der Waals surface area contributed by atoms with Crippen LogP contribution in [0.1, 0.15) is 18.9 Å². The Morgan fingerprint density at radius 2 is 2.12 bits per heavy atom. The molecule has 1 rings (SSSR count). The van der Waals surface area contributed by atoms with Crippen molar-refractivity contribution in [2.75, 3.05) is 26.8 Å². The summed E-state index contributed by atoms with van der Waals surface area (Å²) < 4.78 is 4.94. The molecule has 0 aliphatic heterocycles. The van der Waals surface area contributed by atoms with Crippen LogP contribution in [-0.4, -0.2) is 36.8 Å². The minimum Gasteiger partial charge on any atom is -0.383 e. The minimum absolute atomic E-state index is 0.759. The monoisotopic (exact) mass is 221 g/mol. The van der Waals surface area contributed by atoms with Crippen LogP contribution in [0.15, 0.2) is 24.8 Å². The molecule has 0 radical (unpaired) electrons. The molecule has 0 saturated heterocycles. The molecule has 1 aromatic rings. The molecular formula is C12H19N3O. The van der Waals surface area contributed by atoms with Gasteiger partial charge in [-0.1, -0.05) is 6.08 Å². The van der Waals surface area contributed by atoms with E-state index in [0.29, 0.717) is 0 Å². The minimum atomic E-state index is 0.759. The van der Waals surface area contributed by atoms with E-state index in [1.807, 2.05) is 12.4 Å². The van der Waals surface area contributed by atoms with Crippen molar-refractivity contribution in [3.8, 4) is 0 Å². The van der Waals surface area contributed by atoms with Crippen molar-refractivity contribution >= 4 is 5.57 Å². The van der Waals surface area contributed by atoms with Crippen LogP contribution in [0.5, 0.6) is 0 Å². The van der Waals surface area contributed by atoms with Gasteiger partial charge >= 0.3 is 0 Å². The molecule has 1 heterocycles. The predicted molar refractivity (Wildman–Crippen MR) is 65.0 cm³/mol. The lowest BCUT2D eigenvalue weighted by molar-refractivity contribution is 0.199. The SMILES string of the molecule is COCCNCCC=C(C)c1cncnc1. The molecule has 0 unspecified atom stereocenters. The van der Waals surface area contributed by atoms with Gasteiger partial charge in [-0.3, -0.25) is 0 Å². The Morgan fingerprint density at radius 3 is 2.81 bits per heavy atom. The number of rotatable bonds is 7. The number of allylic oxidation sites excluding steroid dienone is 1. The lowest BCUT2D eigenvalue weighted by Gasteiger charge is -2.02. The van der Waals surface area contributed by atoms with Crippen LogP contribution >= 0.6 is 0 Å². The fourth-order valence-corrected chi connectivity index (χ4v) is 1.31. The van der Waals surface area contributed by atoms with E-state index in [-0.39, 0.29) is 0 Å². The van der Waals surface area contributed by atoms with Gasteiger partial charge in [0.25, 0.3) is 0 Å². The lowest BCUT2D eigenvalue weighted by Crippen LogP contribution is -2.19. The molecule has 16 heavy (non-hydrogen) atoms. The van der Waals surface area contributed by atoms with Crippen molar-refractivity contribution in [1.29, 1.82) is 0 Å². The smallest absolute Gasteiger partial charge is 0.115 e. The summed E-state index contributed by atoms with van der Waals surface area (Å²) in [7, 11) is 1.71. The second kappa shape index (κ2) is 7.96. The highest BCUT2D eigenvalue weighted by molar-refractivity contribution is 5.61. The topological polar surface area (TPSA) is 47.0 Å². The van der Waals surface area contributed by atoms with Crippen molar-refractivity contribution < 1.29 is 4.74 Å². The van der Waals surface area contributed by atoms with E-state index in [2.05, 4.69) is 28.3 Å². The second-order valence-corrected chi connectivity index (χ2v) is 3.55. The molecule has 0 fully saturated rings. The van der Waals surface area contributed by atoms with Gasteiger partial charge in [0.15, 0.2) is 0 Å². The molecule has 1 aromatic heterocycles. The number of nitrogens with zero attached hydrogens (tertiary/aromatic N) is 2. The maximum atomic E-state index is 4.94. The summed E-state index contributed by atoms with van der Waals surface area (Å²) in [4.78, 5) is 7.98. The maximum absolute atomic E-state index is 4.94. The zero-order chi connectivity index (χ0) is 11.6. The molecule has 0 aromatic carbocycles. The zero-order valence-electron chi connectivity index (χ0n) is 9.94. The largest absolute Gasteiger partial charge is 0.383 e. The van der Waals surface area contributed by atoms with Crippen molar-refractivity contribution in [2.45, 2.75) is 13.3 Å². The fourth-order valence-electron chi connectivity index (χ4n) is 1.31. The number of methoxy groups -OCH3 is 1. The molecule has 1 N–H and O–H groups in total. The van der Waals surface area contributed by atoms with Gasteiger partial charge in [0.2, 0.25) is 0 Å². The summed E-state index contributed by atoms with van der Waals surface area (Å²) in [6.07, 6.45) is 8.40. The van der Waals surface area contributed by atoms with Crippen molar-refractivity contribution in [1.82, 2.24) is 15.3 Å². The Hall–Kier alpha value is -1.26. The highest BCUT2D eigenvalue weighted by atomic mass is 16.5. The Morgan fingerprint density at radius 1 is 1.38 bits per heavy atom. The number of hydrogen-bond donors (Lipinski definition) is 1. The Bertz CT molecular complexity index is 311. The van der Waals surface area contributed by atoms with Crippen molar-refractivity contribution in [2.24, 2.45) is 0 Å². The van der Waals surface area contributed by atoms with Gasteiger partial charge in [-0.25, -0.2) is 9.97 Å². The van der Waals surface area contributed by atoms with Crippen LogP contribution in [0.4, 0.5) is 0 Å². The quantitative estimate of drug-likeness (QED) is 0.709. The number of nitrogens with one attached hydrogen (secondary N) is 1. The molecular weight excluding hydrogens is 202 g/mol. The van der Waals surface area contributed by atoms with Crippen LogP contribution in [0, 0.1) is 0 Å². The predicted octanol–water partition coefficient (Wildman–Crippen LogP) is 1.51. The molecule has 4 heteroatoms. The van der Waals surface area contributed by atoms with Crippen LogP contribution in [0.25, 0.3) is 5.57 Å². The molecule has 0 bridgehead atoms. The van der Waals surface area contributed by atoms with E-state index in [0.717, 1.165) is 31.7 Å². The molecule has 0 saturated carbocycles. The molecule has 88 valence electrons. The van der Waals surface area contributed by atoms with E-state index in [9.17, 15) is 0 Å². The standard InChI is InChI=1S/C12H19N3O/c1-11(12-8-14-10-15-9-12)4-3-5-13-6-7-16-2/h4,8-10,13H,3,5-7H2,1-2H3. The van der Waals surface area contributed by atoms with Gasteiger partial charge < -0.3 is 10.1 Å². The second-order valence-electron chi connectivity index (χ2n) is 3.55. The highest BCUT2D eigenvalue weighted by Crippen LogP contribution is 2.10. The summed E-state index contributed by atoms with van der Waals surface area (Å²) >= 11 is 0. The fraction of sp³-hybridized carbons (Fsp3) is 0.500. The summed E-state index contributed by atoms with van der Waals surface area (Å²) in [5, 5.41) is 3.29. The summed E-state index contributed by atoms with van der Waals surface area (Å²) in [6, 6.07) is 0. The van der Waals surface area contributed by atoms with Crippen LogP contribution in [0.3, 0.4) is 0 Å². The normalized spacial score (nSPS) is 11.8. The van der Waals surface area contributed by atoms with Crippen LogP contribution in [0.2, 0.25) is 0 Å². The third-order valence-electron chi connectivity index (χ3n) is 2.27. The molecule has 0 atom stereocenters. The highest BCUT2D eigenvalue weighted by Gasteiger charge is 1.94. The Kier molecular flexibility index (Phi) is 6.37. The zero-order valence-corrected chi connectivity index (χ0v) is 9.94. The molecule has 0 amide bonds.